The summed E-state index contributed by atoms with van der Waals surface area (Å²) in [5.74, 6) is -0.296. The van der Waals surface area contributed by atoms with Gasteiger partial charge in [0.1, 0.15) is 5.82 Å². The van der Waals surface area contributed by atoms with E-state index in [-0.39, 0.29) is 5.82 Å². The number of pyridine rings is 1. The molecule has 0 saturated heterocycles. The number of benzene rings is 1. The number of carbonyl (C=O) groups is 1. The maximum atomic E-state index is 13.0. The maximum absolute atomic E-state index is 13.0. The van der Waals surface area contributed by atoms with E-state index in [9.17, 15) is 9.18 Å². The number of carbonyl (C=O) groups excluding carboxylic acids is 1. The Labute approximate surface area is 126 Å². The average molecular weight is 303 g/mol. The summed E-state index contributed by atoms with van der Waals surface area (Å²) in [5, 5.41) is 0. The van der Waals surface area contributed by atoms with Gasteiger partial charge in [0, 0.05) is 30.7 Å². The molecule has 1 aromatic heterocycles. The SMILES string of the molecule is O=CC1(Cl)c2cnccc2C=CN1Cc1ccc(F)cc1. The zero-order valence-corrected chi connectivity index (χ0v) is 11.8. The fourth-order valence-corrected chi connectivity index (χ4v) is 2.64. The van der Waals surface area contributed by atoms with Crippen molar-refractivity contribution in [3.05, 3.63) is 71.4 Å². The lowest BCUT2D eigenvalue weighted by Crippen LogP contribution is -2.41. The molecule has 0 radical (unpaired) electrons. The van der Waals surface area contributed by atoms with Gasteiger partial charge >= 0.3 is 0 Å². The van der Waals surface area contributed by atoms with E-state index in [0.29, 0.717) is 18.4 Å². The third-order valence-electron chi connectivity index (χ3n) is 3.51. The molecule has 1 aliphatic rings. The van der Waals surface area contributed by atoms with Crippen LogP contribution in [0.2, 0.25) is 0 Å². The van der Waals surface area contributed by atoms with E-state index in [1.165, 1.54) is 12.1 Å². The van der Waals surface area contributed by atoms with Gasteiger partial charge in [0.25, 0.3) is 0 Å². The number of nitrogens with zero attached hydrogens (tertiary/aromatic N) is 2. The summed E-state index contributed by atoms with van der Waals surface area (Å²) in [7, 11) is 0. The van der Waals surface area contributed by atoms with Crippen LogP contribution in [0.5, 0.6) is 0 Å². The molecule has 0 fully saturated rings. The van der Waals surface area contributed by atoms with Crippen LogP contribution < -0.4 is 0 Å². The third kappa shape index (κ3) is 2.43. The Morgan fingerprint density at radius 1 is 1.29 bits per heavy atom. The summed E-state index contributed by atoms with van der Waals surface area (Å²) < 4.78 is 13.0. The zero-order chi connectivity index (χ0) is 14.9. The molecule has 0 aliphatic carbocycles. The van der Waals surface area contributed by atoms with Gasteiger partial charge in [-0.2, -0.15) is 0 Å². The summed E-state index contributed by atoms with van der Waals surface area (Å²) in [4.78, 5) is 16.1. The number of hydrogen-bond acceptors (Lipinski definition) is 3. The van der Waals surface area contributed by atoms with Crippen molar-refractivity contribution in [2.45, 2.75) is 11.5 Å². The van der Waals surface area contributed by atoms with Gasteiger partial charge in [-0.15, -0.1) is 0 Å². The van der Waals surface area contributed by atoms with E-state index >= 15 is 0 Å². The number of fused-ring (bicyclic) bond motifs is 1. The van der Waals surface area contributed by atoms with Crippen LogP contribution in [0, 0.1) is 5.82 Å². The highest BCUT2D eigenvalue weighted by molar-refractivity contribution is 6.31. The Balaban J connectivity index is 1.96. The lowest BCUT2D eigenvalue weighted by molar-refractivity contribution is -0.113. The molecule has 106 valence electrons. The number of halogens is 2. The van der Waals surface area contributed by atoms with Crippen molar-refractivity contribution in [3.63, 3.8) is 0 Å². The second kappa shape index (κ2) is 5.30. The van der Waals surface area contributed by atoms with Crippen molar-refractivity contribution in [1.82, 2.24) is 9.88 Å². The van der Waals surface area contributed by atoms with Crippen molar-refractivity contribution < 1.29 is 9.18 Å². The smallest absolute Gasteiger partial charge is 0.198 e. The molecule has 2 heterocycles. The van der Waals surface area contributed by atoms with Gasteiger partial charge < -0.3 is 4.90 Å². The number of rotatable bonds is 3. The first-order valence-corrected chi connectivity index (χ1v) is 6.80. The molecule has 21 heavy (non-hydrogen) atoms. The monoisotopic (exact) mass is 302 g/mol. The van der Waals surface area contributed by atoms with E-state index in [1.54, 1.807) is 35.6 Å². The van der Waals surface area contributed by atoms with Crippen molar-refractivity contribution in [2.24, 2.45) is 0 Å². The van der Waals surface area contributed by atoms with Gasteiger partial charge in [-0.1, -0.05) is 23.7 Å². The fourth-order valence-electron chi connectivity index (χ4n) is 2.36. The average Bonchev–Trinajstić information content (AvgIpc) is 2.52. The first kappa shape index (κ1) is 13.8. The van der Waals surface area contributed by atoms with E-state index in [2.05, 4.69) is 4.98 Å². The predicted molar refractivity (Wildman–Crippen MR) is 78.8 cm³/mol. The van der Waals surface area contributed by atoms with Gasteiger partial charge in [-0.05, 0) is 35.4 Å². The summed E-state index contributed by atoms with van der Waals surface area (Å²) in [6, 6.07) is 7.92. The maximum Gasteiger partial charge on any atom is 0.198 e. The molecule has 2 aromatic rings. The minimum atomic E-state index is -1.30. The third-order valence-corrected chi connectivity index (χ3v) is 4.02. The lowest BCUT2D eigenvalue weighted by atomic mass is 9.98. The molecule has 3 rings (SSSR count). The summed E-state index contributed by atoms with van der Waals surface area (Å²) in [6.45, 7) is 0.396. The molecule has 5 heteroatoms. The molecule has 0 bridgehead atoms. The van der Waals surface area contributed by atoms with Gasteiger partial charge in [-0.3, -0.25) is 9.78 Å². The minimum absolute atomic E-state index is 0.296. The Bertz CT molecular complexity index is 702. The summed E-state index contributed by atoms with van der Waals surface area (Å²) in [5.41, 5.74) is 2.37. The minimum Gasteiger partial charge on any atom is -0.345 e. The molecule has 1 aromatic carbocycles. The van der Waals surface area contributed by atoms with Crippen LogP contribution in [0.4, 0.5) is 4.39 Å². The molecular weight excluding hydrogens is 291 g/mol. The highest BCUT2D eigenvalue weighted by Gasteiger charge is 2.38. The van der Waals surface area contributed by atoms with E-state index < -0.39 is 5.00 Å². The van der Waals surface area contributed by atoms with Gasteiger partial charge in [0.2, 0.25) is 0 Å². The normalized spacial score (nSPS) is 20.2. The van der Waals surface area contributed by atoms with Crippen LogP contribution in [-0.2, 0) is 16.3 Å². The number of alkyl halides is 1. The molecule has 1 aliphatic heterocycles. The highest BCUT2D eigenvalue weighted by Crippen LogP contribution is 2.38. The Morgan fingerprint density at radius 2 is 2.05 bits per heavy atom. The molecule has 0 N–H and O–H groups in total. The van der Waals surface area contributed by atoms with Crippen LogP contribution in [0.15, 0.2) is 48.9 Å². The second-order valence-corrected chi connectivity index (χ2v) is 5.40. The standard InChI is InChI=1S/C16H12ClFN2O/c17-16(11-21)15-9-19-7-5-13(15)6-8-20(16)10-12-1-3-14(18)4-2-12/h1-9,11H,10H2. The van der Waals surface area contributed by atoms with Crippen molar-refractivity contribution in [2.75, 3.05) is 0 Å². The quantitative estimate of drug-likeness (QED) is 0.495. The van der Waals surface area contributed by atoms with Crippen molar-refractivity contribution >= 4 is 24.0 Å². The van der Waals surface area contributed by atoms with Crippen molar-refractivity contribution in [3.8, 4) is 0 Å². The van der Waals surface area contributed by atoms with E-state index in [1.807, 2.05) is 12.1 Å². The number of aldehydes is 1. The molecule has 0 saturated carbocycles. The topological polar surface area (TPSA) is 33.2 Å². The lowest BCUT2D eigenvalue weighted by Gasteiger charge is -2.38. The number of hydrogen-bond donors (Lipinski definition) is 0. The molecule has 3 nitrogen and oxygen atoms in total. The molecule has 1 atom stereocenters. The first-order chi connectivity index (χ1) is 10.1. The Hall–Kier alpha value is -2.20. The van der Waals surface area contributed by atoms with Crippen LogP contribution in [-0.4, -0.2) is 16.2 Å². The Morgan fingerprint density at radius 3 is 2.76 bits per heavy atom. The van der Waals surface area contributed by atoms with Gasteiger partial charge in [0.05, 0.1) is 0 Å². The zero-order valence-electron chi connectivity index (χ0n) is 11.0. The van der Waals surface area contributed by atoms with Gasteiger partial charge in [-0.25, -0.2) is 4.39 Å². The van der Waals surface area contributed by atoms with E-state index in [0.717, 1.165) is 11.1 Å². The van der Waals surface area contributed by atoms with Gasteiger partial charge in [0.15, 0.2) is 11.3 Å². The highest BCUT2D eigenvalue weighted by atomic mass is 35.5. The molecule has 0 spiro atoms. The van der Waals surface area contributed by atoms with E-state index in [4.69, 9.17) is 11.6 Å². The van der Waals surface area contributed by atoms with Crippen molar-refractivity contribution in [1.29, 1.82) is 0 Å². The summed E-state index contributed by atoms with van der Waals surface area (Å²) >= 11 is 6.53. The Kier molecular flexibility index (Phi) is 3.47. The number of aromatic nitrogens is 1. The van der Waals surface area contributed by atoms with Crippen LogP contribution >= 0.6 is 11.6 Å². The fraction of sp³-hybridized carbons (Fsp3) is 0.125. The molecule has 0 amide bonds. The summed E-state index contributed by atoms with van der Waals surface area (Å²) in [6.07, 6.45) is 7.60. The van der Waals surface area contributed by atoms with Crippen LogP contribution in [0.25, 0.3) is 6.08 Å². The predicted octanol–water partition coefficient (Wildman–Crippen LogP) is 3.30. The first-order valence-electron chi connectivity index (χ1n) is 6.42. The second-order valence-electron chi connectivity index (χ2n) is 4.82. The van der Waals surface area contributed by atoms with Crippen LogP contribution in [0.3, 0.4) is 0 Å². The molecular formula is C16H12ClFN2O. The largest absolute Gasteiger partial charge is 0.345 e. The molecule has 1 unspecified atom stereocenters. The van der Waals surface area contributed by atoms with Crippen LogP contribution in [0.1, 0.15) is 16.7 Å².